The molecule has 0 saturated carbocycles. The first-order valence-corrected chi connectivity index (χ1v) is 8.53. The second-order valence-electron chi connectivity index (χ2n) is 4.31. The molecule has 7 heteroatoms. The van der Waals surface area contributed by atoms with E-state index in [0.717, 1.165) is 5.56 Å². The maximum atomic E-state index is 12.1. The van der Waals surface area contributed by atoms with Crippen LogP contribution in [0.4, 0.5) is 0 Å². The van der Waals surface area contributed by atoms with Gasteiger partial charge in [0.15, 0.2) is 5.57 Å². The number of hydrogen-bond acceptors (Lipinski definition) is 6. The first-order valence-electron chi connectivity index (χ1n) is 7.16. The zero-order valence-corrected chi connectivity index (χ0v) is 14.9. The van der Waals surface area contributed by atoms with E-state index in [-0.39, 0.29) is 18.8 Å². The first kappa shape index (κ1) is 19.4. The van der Waals surface area contributed by atoms with E-state index in [0.29, 0.717) is 15.8 Å². The summed E-state index contributed by atoms with van der Waals surface area (Å²) in [5, 5.41) is 3.91. The predicted octanol–water partition coefficient (Wildman–Crippen LogP) is 3.13. The minimum Gasteiger partial charge on any atom is -0.462 e. The number of thioether (sulfide) groups is 1. The van der Waals surface area contributed by atoms with E-state index in [1.54, 1.807) is 27.0 Å². The lowest BCUT2D eigenvalue weighted by atomic mass is 10.2. The van der Waals surface area contributed by atoms with E-state index in [4.69, 9.17) is 21.1 Å². The molecular formula is C16H20ClNO4S. The molecule has 1 aromatic rings. The van der Waals surface area contributed by atoms with Gasteiger partial charge in [-0.05, 0) is 31.5 Å². The Morgan fingerprint density at radius 2 is 1.78 bits per heavy atom. The van der Waals surface area contributed by atoms with Gasteiger partial charge in [0.1, 0.15) is 0 Å². The lowest BCUT2D eigenvalue weighted by molar-refractivity contribution is -0.146. The Morgan fingerprint density at radius 1 is 1.17 bits per heavy atom. The van der Waals surface area contributed by atoms with Crippen LogP contribution in [-0.4, -0.2) is 32.2 Å². The van der Waals surface area contributed by atoms with Crippen molar-refractivity contribution in [3.8, 4) is 0 Å². The van der Waals surface area contributed by atoms with Crippen LogP contribution in [0.2, 0.25) is 5.02 Å². The number of hydrogen-bond donors (Lipinski definition) is 1. The van der Waals surface area contributed by atoms with Crippen LogP contribution < -0.4 is 5.32 Å². The molecule has 1 N–H and O–H groups in total. The van der Waals surface area contributed by atoms with Crippen molar-refractivity contribution in [1.29, 1.82) is 0 Å². The van der Waals surface area contributed by atoms with Crippen molar-refractivity contribution in [2.45, 2.75) is 19.6 Å². The smallest absolute Gasteiger partial charge is 0.348 e. The highest BCUT2D eigenvalue weighted by molar-refractivity contribution is 8.02. The first-order chi connectivity index (χ1) is 11.0. The molecule has 0 aliphatic carbocycles. The molecule has 1 rings (SSSR count). The van der Waals surface area contributed by atoms with Gasteiger partial charge in [0, 0.05) is 17.8 Å². The highest BCUT2D eigenvalue weighted by atomic mass is 35.5. The van der Waals surface area contributed by atoms with Crippen LogP contribution in [0.15, 0.2) is 34.9 Å². The van der Waals surface area contributed by atoms with Crippen LogP contribution in [0.25, 0.3) is 0 Å². The number of ether oxygens (including phenoxy) is 2. The van der Waals surface area contributed by atoms with Crippen molar-refractivity contribution in [2.24, 2.45) is 0 Å². The summed E-state index contributed by atoms with van der Waals surface area (Å²) in [6.45, 7) is 3.72. The molecule has 23 heavy (non-hydrogen) atoms. The zero-order valence-electron chi connectivity index (χ0n) is 13.3. The van der Waals surface area contributed by atoms with Gasteiger partial charge in [-0.2, -0.15) is 0 Å². The number of carbonyl (C=O) groups is 2. The van der Waals surface area contributed by atoms with E-state index in [1.165, 1.54) is 11.8 Å². The van der Waals surface area contributed by atoms with Crippen LogP contribution in [-0.2, 0) is 24.8 Å². The average molecular weight is 358 g/mol. The molecule has 1 aromatic carbocycles. The van der Waals surface area contributed by atoms with Gasteiger partial charge < -0.3 is 14.8 Å². The van der Waals surface area contributed by atoms with Crippen LogP contribution in [0, 0.1) is 0 Å². The van der Waals surface area contributed by atoms with E-state index in [2.05, 4.69) is 5.32 Å². The Labute approximate surface area is 145 Å². The molecule has 0 aliphatic rings. The number of esters is 2. The van der Waals surface area contributed by atoms with Crippen molar-refractivity contribution in [3.63, 3.8) is 0 Å². The van der Waals surface area contributed by atoms with Crippen LogP contribution in [0.3, 0.4) is 0 Å². The fourth-order valence-electron chi connectivity index (χ4n) is 1.73. The van der Waals surface area contributed by atoms with Gasteiger partial charge in [-0.15, -0.1) is 11.8 Å². The molecule has 0 aliphatic heterocycles. The lowest BCUT2D eigenvalue weighted by Crippen LogP contribution is -2.23. The molecule has 0 saturated heterocycles. The summed E-state index contributed by atoms with van der Waals surface area (Å²) < 4.78 is 9.91. The van der Waals surface area contributed by atoms with Gasteiger partial charge in [-0.25, -0.2) is 9.59 Å². The quantitative estimate of drug-likeness (QED) is 0.334. The number of halogens is 1. The summed E-state index contributed by atoms with van der Waals surface area (Å²) in [7, 11) is 1.64. The summed E-state index contributed by atoms with van der Waals surface area (Å²) in [4.78, 5) is 24.1. The van der Waals surface area contributed by atoms with E-state index >= 15 is 0 Å². The maximum Gasteiger partial charge on any atom is 0.348 e. The van der Waals surface area contributed by atoms with E-state index in [9.17, 15) is 9.59 Å². The molecule has 0 radical (unpaired) electrons. The second kappa shape index (κ2) is 10.2. The van der Waals surface area contributed by atoms with Gasteiger partial charge in [0.25, 0.3) is 0 Å². The van der Waals surface area contributed by atoms with Crippen molar-refractivity contribution in [2.75, 3.05) is 20.3 Å². The summed E-state index contributed by atoms with van der Waals surface area (Å²) >= 11 is 7.26. The third kappa shape index (κ3) is 6.15. The second-order valence-corrected chi connectivity index (χ2v) is 5.74. The number of benzene rings is 1. The third-order valence-electron chi connectivity index (χ3n) is 2.69. The van der Waals surface area contributed by atoms with Gasteiger partial charge in [-0.3, -0.25) is 0 Å². The molecule has 0 atom stereocenters. The summed E-state index contributed by atoms with van der Waals surface area (Å²) in [5.41, 5.74) is 0.852. The minimum absolute atomic E-state index is 0.122. The number of carbonyl (C=O) groups excluding carboxylic acids is 2. The number of nitrogens with one attached hydrogen (secondary N) is 1. The fourth-order valence-corrected chi connectivity index (χ4v) is 2.89. The molecule has 0 bridgehead atoms. The molecule has 5 nitrogen and oxygen atoms in total. The van der Waals surface area contributed by atoms with Crippen LogP contribution >= 0.6 is 23.4 Å². The molecule has 0 unspecified atom stereocenters. The Kier molecular flexibility index (Phi) is 8.58. The average Bonchev–Trinajstić information content (AvgIpc) is 2.51. The molecular weight excluding hydrogens is 338 g/mol. The summed E-state index contributed by atoms with van der Waals surface area (Å²) in [6, 6.07) is 7.38. The highest BCUT2D eigenvalue weighted by Crippen LogP contribution is 2.24. The van der Waals surface area contributed by atoms with Crippen molar-refractivity contribution >= 4 is 35.3 Å². The molecule has 0 aromatic heterocycles. The van der Waals surface area contributed by atoms with Gasteiger partial charge >= 0.3 is 11.9 Å². The molecule has 126 valence electrons. The van der Waals surface area contributed by atoms with Gasteiger partial charge in [0.05, 0.1) is 18.2 Å². The molecule has 0 heterocycles. The Morgan fingerprint density at radius 3 is 2.26 bits per heavy atom. The molecule has 0 spiro atoms. The minimum atomic E-state index is -0.700. The molecule has 0 fully saturated rings. The standard InChI is InChI=1S/C16H20ClNO4S/c1-4-21-15(19)13(16(20)22-5-2)14(18-3)23-10-11-7-6-8-12(17)9-11/h6-9,18H,4-5,10H2,1-3H3. The summed E-state index contributed by atoms with van der Waals surface area (Å²) in [6.07, 6.45) is 0. The van der Waals surface area contributed by atoms with Crippen molar-refractivity contribution in [3.05, 3.63) is 45.5 Å². The third-order valence-corrected chi connectivity index (χ3v) is 4.10. The van der Waals surface area contributed by atoms with Crippen LogP contribution in [0.1, 0.15) is 19.4 Å². The van der Waals surface area contributed by atoms with Gasteiger partial charge in [0.2, 0.25) is 0 Å². The Bertz CT molecular complexity index is 569. The fraction of sp³-hybridized carbons (Fsp3) is 0.375. The largest absolute Gasteiger partial charge is 0.462 e. The van der Waals surface area contributed by atoms with Crippen molar-refractivity contribution in [1.82, 2.24) is 5.32 Å². The monoisotopic (exact) mass is 357 g/mol. The van der Waals surface area contributed by atoms with Gasteiger partial charge in [-0.1, -0.05) is 23.7 Å². The SMILES string of the molecule is CCOC(=O)C(C(=O)OCC)=C(NC)SCc1cccc(Cl)c1. The maximum absolute atomic E-state index is 12.1. The normalized spacial score (nSPS) is 9.91. The van der Waals surface area contributed by atoms with Crippen molar-refractivity contribution < 1.29 is 19.1 Å². The summed E-state index contributed by atoms with van der Waals surface area (Å²) in [5.74, 6) is -0.859. The zero-order chi connectivity index (χ0) is 17.2. The topological polar surface area (TPSA) is 64.6 Å². The van der Waals surface area contributed by atoms with Crippen LogP contribution in [0.5, 0.6) is 0 Å². The lowest BCUT2D eigenvalue weighted by Gasteiger charge is -2.13. The highest BCUT2D eigenvalue weighted by Gasteiger charge is 2.26. The number of rotatable bonds is 8. The predicted molar refractivity (Wildman–Crippen MR) is 92.1 cm³/mol. The van der Waals surface area contributed by atoms with E-state index in [1.807, 2.05) is 18.2 Å². The van der Waals surface area contributed by atoms with E-state index < -0.39 is 11.9 Å². The Hall–Kier alpha value is -1.66. The molecule has 0 amide bonds. The Balaban J connectivity index is 3.01.